The van der Waals surface area contributed by atoms with E-state index in [-0.39, 0.29) is 23.3 Å². The van der Waals surface area contributed by atoms with Crippen LogP contribution >= 0.6 is 0 Å². The molecule has 0 saturated heterocycles. The van der Waals surface area contributed by atoms with Crippen LogP contribution in [0.25, 0.3) is 0 Å². The molecule has 0 saturated carbocycles. The highest BCUT2D eigenvalue weighted by Crippen LogP contribution is 2.12. The lowest BCUT2D eigenvalue weighted by atomic mass is 10.1. The summed E-state index contributed by atoms with van der Waals surface area (Å²) in [7, 11) is 0. The Labute approximate surface area is 110 Å². The minimum absolute atomic E-state index is 0.230. The van der Waals surface area contributed by atoms with Gasteiger partial charge >= 0.3 is 0 Å². The van der Waals surface area contributed by atoms with E-state index in [1.807, 2.05) is 13.8 Å². The molecule has 19 heavy (non-hydrogen) atoms. The first-order chi connectivity index (χ1) is 9.06. The van der Waals surface area contributed by atoms with Gasteiger partial charge in [-0.3, -0.25) is 4.79 Å². The Balaban J connectivity index is 2.09. The number of amides is 1. The van der Waals surface area contributed by atoms with Crippen LogP contribution in [0, 0.1) is 5.82 Å². The highest BCUT2D eigenvalue weighted by Gasteiger charge is 2.09. The molecule has 1 heterocycles. The Bertz CT molecular complexity index is 564. The van der Waals surface area contributed by atoms with Crippen molar-refractivity contribution >= 4 is 11.6 Å². The Morgan fingerprint density at radius 2 is 1.79 bits per heavy atom. The van der Waals surface area contributed by atoms with Crippen LogP contribution in [0.15, 0.2) is 36.4 Å². The molecule has 2 rings (SSSR count). The number of carbonyl (C=O) groups excluding carboxylic acids is 1. The smallest absolute Gasteiger partial charge is 0.276 e. The number of aromatic nitrogens is 2. The van der Waals surface area contributed by atoms with Crippen LogP contribution in [0.2, 0.25) is 0 Å². The lowest BCUT2D eigenvalue weighted by molar-refractivity contribution is 0.102. The van der Waals surface area contributed by atoms with Gasteiger partial charge < -0.3 is 5.32 Å². The molecule has 98 valence electrons. The number of nitrogens with one attached hydrogen (secondary N) is 1. The van der Waals surface area contributed by atoms with Crippen molar-refractivity contribution in [3.63, 3.8) is 0 Å². The van der Waals surface area contributed by atoms with Crippen molar-refractivity contribution in [2.75, 3.05) is 5.32 Å². The fourth-order valence-electron chi connectivity index (χ4n) is 1.50. The first kappa shape index (κ1) is 13.1. The van der Waals surface area contributed by atoms with Crippen molar-refractivity contribution in [2.45, 2.75) is 19.8 Å². The van der Waals surface area contributed by atoms with Gasteiger partial charge in [-0.1, -0.05) is 13.8 Å². The van der Waals surface area contributed by atoms with Crippen LogP contribution in [0.3, 0.4) is 0 Å². The first-order valence-corrected chi connectivity index (χ1v) is 5.97. The Morgan fingerprint density at radius 1 is 1.11 bits per heavy atom. The van der Waals surface area contributed by atoms with Gasteiger partial charge in [-0.15, -0.1) is 5.10 Å². The second kappa shape index (κ2) is 5.56. The number of halogens is 1. The van der Waals surface area contributed by atoms with Gasteiger partial charge in [0.15, 0.2) is 5.69 Å². The maximum Gasteiger partial charge on any atom is 0.276 e. The van der Waals surface area contributed by atoms with Crippen molar-refractivity contribution in [3.8, 4) is 0 Å². The highest BCUT2D eigenvalue weighted by molar-refractivity contribution is 6.02. The summed E-state index contributed by atoms with van der Waals surface area (Å²) in [5.41, 5.74) is 1.58. The van der Waals surface area contributed by atoms with Gasteiger partial charge in [-0.25, -0.2) is 4.39 Å². The minimum Gasteiger partial charge on any atom is -0.321 e. The average Bonchev–Trinajstić information content (AvgIpc) is 2.41. The standard InChI is InChI=1S/C14H14FN3O/c1-9(2)12-7-8-13(18-17-12)14(19)16-11-5-3-10(15)4-6-11/h3-9H,1-2H3,(H,16,19). The third-order valence-electron chi connectivity index (χ3n) is 2.61. The molecule has 2 aromatic rings. The maximum atomic E-state index is 12.7. The molecule has 1 amide bonds. The molecule has 0 spiro atoms. The molecule has 1 aromatic carbocycles. The van der Waals surface area contributed by atoms with E-state index in [2.05, 4.69) is 15.5 Å². The van der Waals surface area contributed by atoms with Crippen molar-refractivity contribution in [3.05, 3.63) is 53.6 Å². The summed E-state index contributed by atoms with van der Waals surface area (Å²) in [5, 5.41) is 10.5. The molecular formula is C14H14FN3O. The molecule has 0 unspecified atom stereocenters. The topological polar surface area (TPSA) is 54.9 Å². The molecule has 0 aliphatic heterocycles. The predicted octanol–water partition coefficient (Wildman–Crippen LogP) is 2.99. The molecule has 0 fully saturated rings. The predicted molar refractivity (Wildman–Crippen MR) is 70.5 cm³/mol. The van der Waals surface area contributed by atoms with E-state index in [0.717, 1.165) is 5.69 Å². The van der Waals surface area contributed by atoms with Gasteiger partial charge in [0.25, 0.3) is 5.91 Å². The van der Waals surface area contributed by atoms with E-state index < -0.39 is 0 Å². The fraction of sp³-hybridized carbons (Fsp3) is 0.214. The Hall–Kier alpha value is -2.30. The van der Waals surface area contributed by atoms with Crippen LogP contribution in [-0.2, 0) is 0 Å². The summed E-state index contributed by atoms with van der Waals surface area (Å²) < 4.78 is 12.7. The van der Waals surface area contributed by atoms with Crippen LogP contribution in [0.1, 0.15) is 35.9 Å². The zero-order valence-corrected chi connectivity index (χ0v) is 10.7. The normalized spacial score (nSPS) is 10.5. The summed E-state index contributed by atoms with van der Waals surface area (Å²) in [5.74, 6) is -0.449. The lowest BCUT2D eigenvalue weighted by Crippen LogP contribution is -2.14. The van der Waals surface area contributed by atoms with Crippen LogP contribution in [0.5, 0.6) is 0 Å². The number of carbonyl (C=O) groups is 1. The van der Waals surface area contributed by atoms with Gasteiger partial charge in [-0.2, -0.15) is 5.10 Å². The zero-order chi connectivity index (χ0) is 13.8. The van der Waals surface area contributed by atoms with Crippen molar-refractivity contribution in [1.29, 1.82) is 0 Å². The van der Waals surface area contributed by atoms with Crippen LogP contribution < -0.4 is 5.32 Å². The van der Waals surface area contributed by atoms with Crippen LogP contribution in [-0.4, -0.2) is 16.1 Å². The fourth-order valence-corrected chi connectivity index (χ4v) is 1.50. The van der Waals surface area contributed by atoms with Gasteiger partial charge in [0.1, 0.15) is 5.82 Å². The highest BCUT2D eigenvalue weighted by atomic mass is 19.1. The number of hydrogen-bond acceptors (Lipinski definition) is 3. The number of rotatable bonds is 3. The molecule has 1 aromatic heterocycles. The SMILES string of the molecule is CC(C)c1ccc(C(=O)Nc2ccc(F)cc2)nn1. The Morgan fingerprint density at radius 3 is 2.32 bits per heavy atom. The zero-order valence-electron chi connectivity index (χ0n) is 10.7. The summed E-state index contributed by atoms with van der Waals surface area (Å²) in [4.78, 5) is 11.9. The van der Waals surface area contributed by atoms with Gasteiger partial charge in [0, 0.05) is 5.69 Å². The molecule has 0 aliphatic rings. The molecule has 4 nitrogen and oxygen atoms in total. The Kier molecular flexibility index (Phi) is 3.85. The summed E-state index contributed by atoms with van der Waals surface area (Å²) >= 11 is 0. The van der Waals surface area contributed by atoms with Crippen molar-refractivity contribution in [1.82, 2.24) is 10.2 Å². The third-order valence-corrected chi connectivity index (χ3v) is 2.61. The van der Waals surface area contributed by atoms with Gasteiger partial charge in [0.05, 0.1) is 5.69 Å². The summed E-state index contributed by atoms with van der Waals surface area (Å²) in [6.45, 7) is 4.00. The summed E-state index contributed by atoms with van der Waals surface area (Å²) in [6, 6.07) is 8.94. The summed E-state index contributed by atoms with van der Waals surface area (Å²) in [6.07, 6.45) is 0. The number of benzene rings is 1. The van der Waals surface area contributed by atoms with E-state index in [1.54, 1.807) is 12.1 Å². The second-order valence-corrected chi connectivity index (χ2v) is 4.46. The van der Waals surface area contributed by atoms with Crippen LogP contribution in [0.4, 0.5) is 10.1 Å². The van der Waals surface area contributed by atoms with Gasteiger partial charge in [-0.05, 0) is 42.3 Å². The average molecular weight is 259 g/mol. The van der Waals surface area contributed by atoms with Crippen molar-refractivity contribution < 1.29 is 9.18 Å². The molecule has 0 bridgehead atoms. The van der Waals surface area contributed by atoms with E-state index in [4.69, 9.17) is 0 Å². The third kappa shape index (κ3) is 3.34. The van der Waals surface area contributed by atoms with E-state index in [0.29, 0.717) is 5.69 Å². The molecule has 0 radical (unpaired) electrons. The molecular weight excluding hydrogens is 245 g/mol. The second-order valence-electron chi connectivity index (χ2n) is 4.46. The minimum atomic E-state index is -0.366. The monoisotopic (exact) mass is 259 g/mol. The lowest BCUT2D eigenvalue weighted by Gasteiger charge is -2.06. The largest absolute Gasteiger partial charge is 0.321 e. The number of nitrogens with zero attached hydrogens (tertiary/aromatic N) is 2. The van der Waals surface area contributed by atoms with E-state index in [9.17, 15) is 9.18 Å². The van der Waals surface area contributed by atoms with E-state index >= 15 is 0 Å². The molecule has 0 atom stereocenters. The molecule has 1 N–H and O–H groups in total. The molecule has 0 aliphatic carbocycles. The quantitative estimate of drug-likeness (QED) is 0.921. The first-order valence-electron chi connectivity index (χ1n) is 5.97. The van der Waals surface area contributed by atoms with Gasteiger partial charge in [0.2, 0.25) is 0 Å². The number of hydrogen-bond donors (Lipinski definition) is 1. The molecule has 5 heteroatoms. The van der Waals surface area contributed by atoms with Crippen molar-refractivity contribution in [2.24, 2.45) is 0 Å². The maximum absolute atomic E-state index is 12.7. The van der Waals surface area contributed by atoms with E-state index in [1.165, 1.54) is 24.3 Å². The number of anilines is 1.